The van der Waals surface area contributed by atoms with E-state index < -0.39 is 0 Å². The number of amides is 1. The van der Waals surface area contributed by atoms with Gasteiger partial charge in [0, 0.05) is 9.75 Å². The maximum absolute atomic E-state index is 12.3. The molecule has 27 heavy (non-hydrogen) atoms. The number of anilines is 1. The number of hydrazine groups is 1. The van der Waals surface area contributed by atoms with Gasteiger partial charge < -0.3 is 10.1 Å². The highest BCUT2D eigenvalue weighted by molar-refractivity contribution is 7.80. The fourth-order valence-electron chi connectivity index (χ4n) is 3.02. The SMILES string of the molecule is COC(=O)c1c(NC(=S)NNC(=O)c2ccc(C)s2)sc2c1CCC(C)C2. The van der Waals surface area contributed by atoms with Crippen molar-refractivity contribution in [3.8, 4) is 0 Å². The van der Waals surface area contributed by atoms with Gasteiger partial charge in [0.1, 0.15) is 5.00 Å². The topological polar surface area (TPSA) is 79.5 Å². The van der Waals surface area contributed by atoms with E-state index in [9.17, 15) is 9.59 Å². The van der Waals surface area contributed by atoms with Crippen LogP contribution in [0, 0.1) is 12.8 Å². The monoisotopic (exact) mass is 423 g/mol. The Labute approximate surface area is 171 Å². The molecule has 1 amide bonds. The first-order valence-corrected chi connectivity index (χ1v) is 10.6. The number of ether oxygens (including phenoxy) is 1. The minimum absolute atomic E-state index is 0.216. The molecule has 6 nitrogen and oxygen atoms in total. The van der Waals surface area contributed by atoms with E-state index in [0.29, 0.717) is 21.4 Å². The Kier molecular flexibility index (Phi) is 6.13. The Morgan fingerprint density at radius 1 is 1.26 bits per heavy atom. The molecular formula is C18H21N3O3S3. The van der Waals surface area contributed by atoms with E-state index in [4.69, 9.17) is 17.0 Å². The number of hydrogen-bond donors (Lipinski definition) is 3. The van der Waals surface area contributed by atoms with E-state index in [2.05, 4.69) is 23.1 Å². The van der Waals surface area contributed by atoms with Crippen LogP contribution in [0.1, 0.15) is 48.7 Å². The average Bonchev–Trinajstić information content (AvgIpc) is 3.22. The molecule has 9 heteroatoms. The Balaban J connectivity index is 1.70. The quantitative estimate of drug-likeness (QED) is 0.397. The number of thiophene rings is 2. The Bertz CT molecular complexity index is 888. The van der Waals surface area contributed by atoms with Gasteiger partial charge in [0.15, 0.2) is 5.11 Å². The molecule has 1 aliphatic carbocycles. The maximum Gasteiger partial charge on any atom is 0.341 e. The molecule has 0 spiro atoms. The van der Waals surface area contributed by atoms with Gasteiger partial charge in [0.2, 0.25) is 0 Å². The molecule has 1 atom stereocenters. The summed E-state index contributed by atoms with van der Waals surface area (Å²) >= 11 is 8.20. The molecule has 144 valence electrons. The van der Waals surface area contributed by atoms with Gasteiger partial charge >= 0.3 is 5.97 Å². The molecular weight excluding hydrogens is 402 g/mol. The van der Waals surface area contributed by atoms with Crippen LogP contribution in [0.15, 0.2) is 12.1 Å². The van der Waals surface area contributed by atoms with Crippen molar-refractivity contribution in [2.24, 2.45) is 5.92 Å². The van der Waals surface area contributed by atoms with Crippen LogP contribution in [0.2, 0.25) is 0 Å². The summed E-state index contributed by atoms with van der Waals surface area (Å²) in [5.74, 6) is -0.0386. The molecule has 0 saturated heterocycles. The fraction of sp³-hybridized carbons (Fsp3) is 0.389. The van der Waals surface area contributed by atoms with Gasteiger partial charge in [-0.15, -0.1) is 22.7 Å². The molecule has 1 aliphatic rings. The third-order valence-corrected chi connectivity index (χ3v) is 6.76. The van der Waals surface area contributed by atoms with E-state index in [1.165, 1.54) is 34.7 Å². The van der Waals surface area contributed by atoms with Crippen molar-refractivity contribution < 1.29 is 14.3 Å². The normalized spacial score (nSPS) is 15.6. The minimum Gasteiger partial charge on any atom is -0.465 e. The first kappa shape index (κ1) is 19.8. The first-order chi connectivity index (χ1) is 12.9. The van der Waals surface area contributed by atoms with Gasteiger partial charge in [-0.1, -0.05) is 6.92 Å². The molecule has 0 fully saturated rings. The molecule has 2 aromatic heterocycles. The Morgan fingerprint density at radius 2 is 2.04 bits per heavy atom. The largest absolute Gasteiger partial charge is 0.465 e. The second-order valence-corrected chi connectivity index (χ2v) is 9.29. The van der Waals surface area contributed by atoms with Crippen molar-refractivity contribution in [2.45, 2.75) is 33.1 Å². The third-order valence-electron chi connectivity index (χ3n) is 4.38. The van der Waals surface area contributed by atoms with Crippen LogP contribution in [0.5, 0.6) is 0 Å². The van der Waals surface area contributed by atoms with Crippen LogP contribution in [0.4, 0.5) is 5.00 Å². The molecule has 0 bridgehead atoms. The van der Waals surface area contributed by atoms with Crippen molar-refractivity contribution in [2.75, 3.05) is 12.4 Å². The number of carbonyl (C=O) groups is 2. The number of carbonyl (C=O) groups excluding carboxylic acids is 2. The summed E-state index contributed by atoms with van der Waals surface area (Å²) in [5.41, 5.74) is 6.86. The number of methoxy groups -OCH3 is 1. The fourth-order valence-corrected chi connectivity index (χ4v) is 5.41. The number of fused-ring (bicyclic) bond motifs is 1. The molecule has 0 aromatic carbocycles. The van der Waals surface area contributed by atoms with Crippen LogP contribution >= 0.6 is 34.9 Å². The molecule has 2 aromatic rings. The van der Waals surface area contributed by atoms with Gasteiger partial charge in [-0.3, -0.25) is 15.6 Å². The summed E-state index contributed by atoms with van der Waals surface area (Å²) in [4.78, 5) is 27.3. The lowest BCUT2D eigenvalue weighted by Crippen LogP contribution is -2.43. The van der Waals surface area contributed by atoms with Crippen molar-refractivity contribution in [3.05, 3.63) is 37.9 Å². The van der Waals surface area contributed by atoms with Crippen molar-refractivity contribution in [3.63, 3.8) is 0 Å². The lowest BCUT2D eigenvalue weighted by atomic mass is 9.88. The van der Waals surface area contributed by atoms with Crippen molar-refractivity contribution >= 4 is 56.9 Å². The van der Waals surface area contributed by atoms with Gasteiger partial charge in [-0.25, -0.2) is 4.79 Å². The van der Waals surface area contributed by atoms with Crippen LogP contribution in [0.3, 0.4) is 0 Å². The van der Waals surface area contributed by atoms with Crippen LogP contribution < -0.4 is 16.2 Å². The molecule has 0 saturated carbocycles. The highest BCUT2D eigenvalue weighted by Gasteiger charge is 2.28. The van der Waals surface area contributed by atoms with Gasteiger partial charge in [-0.05, 0) is 62.0 Å². The van der Waals surface area contributed by atoms with Crippen molar-refractivity contribution in [1.82, 2.24) is 10.9 Å². The van der Waals surface area contributed by atoms with E-state index in [-0.39, 0.29) is 17.0 Å². The predicted molar refractivity (Wildman–Crippen MR) is 113 cm³/mol. The zero-order valence-corrected chi connectivity index (χ0v) is 17.8. The zero-order valence-electron chi connectivity index (χ0n) is 15.3. The molecule has 3 rings (SSSR count). The summed E-state index contributed by atoms with van der Waals surface area (Å²) in [6.45, 7) is 4.15. The molecule has 2 heterocycles. The van der Waals surface area contributed by atoms with Crippen LogP contribution in [-0.2, 0) is 17.6 Å². The lowest BCUT2D eigenvalue weighted by molar-refractivity contribution is 0.0600. The smallest absolute Gasteiger partial charge is 0.341 e. The summed E-state index contributed by atoms with van der Waals surface area (Å²) < 4.78 is 4.96. The number of aryl methyl sites for hydroxylation is 1. The maximum atomic E-state index is 12.3. The Hall–Kier alpha value is -1.97. The number of hydrogen-bond acceptors (Lipinski definition) is 6. The predicted octanol–water partition coefficient (Wildman–Crippen LogP) is 3.66. The molecule has 0 radical (unpaired) electrons. The molecule has 0 aliphatic heterocycles. The standard InChI is InChI=1S/C18H21N3O3S3/c1-9-4-6-11-13(8-9)27-16(14(11)17(23)24-3)19-18(25)21-20-15(22)12-7-5-10(2)26-12/h5,7,9H,4,6,8H2,1-3H3,(H,20,22)(H2,19,21,25). The summed E-state index contributed by atoms with van der Waals surface area (Å²) in [5, 5.41) is 3.91. The average molecular weight is 424 g/mol. The number of thiocarbonyl (C=S) groups is 1. The molecule has 3 N–H and O–H groups in total. The van der Waals surface area contributed by atoms with Crippen LogP contribution in [-0.4, -0.2) is 24.1 Å². The van der Waals surface area contributed by atoms with Gasteiger partial charge in [-0.2, -0.15) is 0 Å². The van der Waals surface area contributed by atoms with E-state index in [1.807, 2.05) is 13.0 Å². The second-order valence-electron chi connectivity index (χ2n) is 6.49. The summed E-state index contributed by atoms with van der Waals surface area (Å²) in [6, 6.07) is 3.65. The highest BCUT2D eigenvalue weighted by atomic mass is 32.1. The minimum atomic E-state index is -0.370. The Morgan fingerprint density at radius 3 is 2.70 bits per heavy atom. The number of nitrogens with one attached hydrogen (secondary N) is 3. The second kappa shape index (κ2) is 8.37. The first-order valence-electron chi connectivity index (χ1n) is 8.55. The number of esters is 1. The van der Waals surface area contributed by atoms with E-state index >= 15 is 0 Å². The lowest BCUT2D eigenvalue weighted by Gasteiger charge is -2.18. The van der Waals surface area contributed by atoms with Gasteiger partial charge in [0.25, 0.3) is 5.91 Å². The van der Waals surface area contributed by atoms with Crippen LogP contribution in [0.25, 0.3) is 0 Å². The summed E-state index contributed by atoms with van der Waals surface area (Å²) in [7, 11) is 1.38. The van der Waals surface area contributed by atoms with E-state index in [1.54, 1.807) is 6.07 Å². The van der Waals surface area contributed by atoms with Gasteiger partial charge in [0.05, 0.1) is 17.6 Å². The zero-order chi connectivity index (χ0) is 19.6. The highest BCUT2D eigenvalue weighted by Crippen LogP contribution is 2.39. The third kappa shape index (κ3) is 4.48. The molecule has 1 unspecified atom stereocenters. The number of rotatable bonds is 3. The van der Waals surface area contributed by atoms with E-state index in [0.717, 1.165) is 29.7 Å². The summed E-state index contributed by atoms with van der Waals surface area (Å²) in [6.07, 6.45) is 2.85. The van der Waals surface area contributed by atoms with Crippen molar-refractivity contribution in [1.29, 1.82) is 0 Å².